The van der Waals surface area contributed by atoms with Crippen molar-refractivity contribution in [2.24, 2.45) is 17.3 Å². The number of rotatable bonds is 3. The third-order valence-corrected chi connectivity index (χ3v) is 5.15. The average molecular weight is 258 g/mol. The first-order chi connectivity index (χ1) is 9.20. The number of benzene rings is 1. The maximum atomic E-state index is 3.64. The third kappa shape index (κ3) is 2.56. The van der Waals surface area contributed by atoms with Gasteiger partial charge in [-0.25, -0.2) is 0 Å². The van der Waals surface area contributed by atoms with Crippen LogP contribution in [-0.4, -0.2) is 31.1 Å². The summed E-state index contributed by atoms with van der Waals surface area (Å²) in [5.74, 6) is 1.65. The van der Waals surface area contributed by atoms with Crippen LogP contribution in [0.15, 0.2) is 30.3 Å². The number of hydrogen-bond donors (Lipinski definition) is 1. The molecule has 19 heavy (non-hydrogen) atoms. The zero-order chi connectivity index (χ0) is 13.3. The maximum absolute atomic E-state index is 3.64. The summed E-state index contributed by atoms with van der Waals surface area (Å²) in [6.45, 7) is 10.9. The van der Waals surface area contributed by atoms with Crippen LogP contribution in [0.3, 0.4) is 0 Å². The summed E-state index contributed by atoms with van der Waals surface area (Å²) in [4.78, 5) is 2.65. The van der Waals surface area contributed by atoms with Gasteiger partial charge in [0.15, 0.2) is 0 Å². The summed E-state index contributed by atoms with van der Waals surface area (Å²) in [5, 5.41) is 3.64. The molecule has 2 unspecified atom stereocenters. The summed E-state index contributed by atoms with van der Waals surface area (Å²) in [6.07, 6.45) is 1.37. The molecule has 2 nitrogen and oxygen atoms in total. The molecule has 0 aliphatic carbocycles. The van der Waals surface area contributed by atoms with E-state index in [2.05, 4.69) is 54.4 Å². The molecule has 2 heteroatoms. The van der Waals surface area contributed by atoms with E-state index in [4.69, 9.17) is 0 Å². The molecule has 2 aliphatic rings. The van der Waals surface area contributed by atoms with E-state index < -0.39 is 0 Å². The first-order valence-corrected chi connectivity index (χ1v) is 7.67. The fourth-order valence-electron chi connectivity index (χ4n) is 4.17. The Bertz CT molecular complexity index is 415. The van der Waals surface area contributed by atoms with Gasteiger partial charge in [-0.15, -0.1) is 0 Å². The molecule has 2 fully saturated rings. The first-order valence-electron chi connectivity index (χ1n) is 7.67. The van der Waals surface area contributed by atoms with Crippen molar-refractivity contribution in [3.05, 3.63) is 35.9 Å². The predicted octanol–water partition coefficient (Wildman–Crippen LogP) is 2.75. The summed E-state index contributed by atoms with van der Waals surface area (Å²) in [6, 6.07) is 10.9. The molecule has 2 heterocycles. The standard InChI is InChI=1S/C17H26N2/c1-14(2)16-10-18-12-17(16)8-9-19(13-17)11-15-6-4-3-5-7-15/h3-7,14,16,18H,8-13H2,1-2H3. The van der Waals surface area contributed by atoms with Gasteiger partial charge in [-0.3, -0.25) is 4.90 Å². The minimum absolute atomic E-state index is 0.545. The van der Waals surface area contributed by atoms with Crippen molar-refractivity contribution in [1.82, 2.24) is 10.2 Å². The second-order valence-electron chi connectivity index (χ2n) is 6.79. The largest absolute Gasteiger partial charge is 0.316 e. The number of likely N-dealkylation sites (tertiary alicyclic amines) is 1. The lowest BCUT2D eigenvalue weighted by Gasteiger charge is -2.33. The molecule has 104 valence electrons. The third-order valence-electron chi connectivity index (χ3n) is 5.15. The van der Waals surface area contributed by atoms with Gasteiger partial charge in [-0.05, 0) is 36.9 Å². The second-order valence-corrected chi connectivity index (χ2v) is 6.79. The number of nitrogens with one attached hydrogen (secondary N) is 1. The highest BCUT2D eigenvalue weighted by Gasteiger charge is 2.48. The Morgan fingerprint density at radius 3 is 2.84 bits per heavy atom. The van der Waals surface area contributed by atoms with Crippen molar-refractivity contribution in [1.29, 1.82) is 0 Å². The molecular formula is C17H26N2. The lowest BCUT2D eigenvalue weighted by molar-refractivity contribution is 0.171. The van der Waals surface area contributed by atoms with Crippen LogP contribution in [0.2, 0.25) is 0 Å². The van der Waals surface area contributed by atoms with Crippen molar-refractivity contribution in [2.45, 2.75) is 26.8 Å². The zero-order valence-electron chi connectivity index (χ0n) is 12.2. The quantitative estimate of drug-likeness (QED) is 0.897. The monoisotopic (exact) mass is 258 g/mol. The summed E-state index contributed by atoms with van der Waals surface area (Å²) < 4.78 is 0. The predicted molar refractivity (Wildman–Crippen MR) is 80.0 cm³/mol. The molecule has 2 saturated heterocycles. The van der Waals surface area contributed by atoms with Gasteiger partial charge in [0.05, 0.1) is 0 Å². The fourth-order valence-corrected chi connectivity index (χ4v) is 4.17. The van der Waals surface area contributed by atoms with Gasteiger partial charge in [0, 0.05) is 25.0 Å². The van der Waals surface area contributed by atoms with Crippen molar-refractivity contribution < 1.29 is 0 Å². The van der Waals surface area contributed by atoms with Gasteiger partial charge in [0.1, 0.15) is 0 Å². The molecule has 0 bridgehead atoms. The lowest BCUT2D eigenvalue weighted by Crippen LogP contribution is -2.36. The Balaban J connectivity index is 1.67. The summed E-state index contributed by atoms with van der Waals surface area (Å²) in [7, 11) is 0. The minimum Gasteiger partial charge on any atom is -0.316 e. The summed E-state index contributed by atoms with van der Waals surface area (Å²) in [5.41, 5.74) is 2.00. The van der Waals surface area contributed by atoms with Crippen LogP contribution in [-0.2, 0) is 6.54 Å². The average Bonchev–Trinajstić information content (AvgIpc) is 2.99. The molecule has 1 N–H and O–H groups in total. The van der Waals surface area contributed by atoms with Crippen LogP contribution in [0.5, 0.6) is 0 Å². The molecule has 1 spiro atoms. The molecule has 3 rings (SSSR count). The van der Waals surface area contributed by atoms with E-state index in [-0.39, 0.29) is 0 Å². The minimum atomic E-state index is 0.545. The maximum Gasteiger partial charge on any atom is 0.0233 e. The van der Waals surface area contributed by atoms with Crippen LogP contribution < -0.4 is 5.32 Å². The Kier molecular flexibility index (Phi) is 3.64. The molecule has 1 aromatic rings. The van der Waals surface area contributed by atoms with Crippen molar-refractivity contribution in [2.75, 3.05) is 26.2 Å². The molecule has 0 amide bonds. The summed E-state index contributed by atoms with van der Waals surface area (Å²) >= 11 is 0. The van der Waals surface area contributed by atoms with Gasteiger partial charge in [-0.2, -0.15) is 0 Å². The highest BCUT2D eigenvalue weighted by Crippen LogP contribution is 2.44. The van der Waals surface area contributed by atoms with Gasteiger partial charge in [0.2, 0.25) is 0 Å². The van der Waals surface area contributed by atoms with Crippen molar-refractivity contribution in [3.63, 3.8) is 0 Å². The van der Waals surface area contributed by atoms with Gasteiger partial charge < -0.3 is 5.32 Å². The zero-order valence-corrected chi connectivity index (χ0v) is 12.2. The van der Waals surface area contributed by atoms with E-state index in [1.54, 1.807) is 0 Å². The van der Waals surface area contributed by atoms with E-state index in [1.165, 1.54) is 38.2 Å². The van der Waals surface area contributed by atoms with E-state index in [1.807, 2.05) is 0 Å². The lowest BCUT2D eigenvalue weighted by atomic mass is 9.72. The molecule has 2 atom stereocenters. The van der Waals surface area contributed by atoms with Gasteiger partial charge >= 0.3 is 0 Å². The highest BCUT2D eigenvalue weighted by atomic mass is 15.2. The van der Waals surface area contributed by atoms with Gasteiger partial charge in [0.25, 0.3) is 0 Å². The number of nitrogens with zero attached hydrogens (tertiary/aromatic N) is 1. The molecule has 2 aliphatic heterocycles. The van der Waals surface area contributed by atoms with Crippen LogP contribution in [0.25, 0.3) is 0 Å². The molecule has 0 saturated carbocycles. The second kappa shape index (κ2) is 5.26. The Morgan fingerprint density at radius 2 is 2.11 bits per heavy atom. The van der Waals surface area contributed by atoms with Crippen LogP contribution in [0.4, 0.5) is 0 Å². The molecule has 0 aromatic heterocycles. The van der Waals surface area contributed by atoms with E-state index in [0.717, 1.165) is 18.4 Å². The van der Waals surface area contributed by atoms with E-state index >= 15 is 0 Å². The smallest absolute Gasteiger partial charge is 0.0233 e. The topological polar surface area (TPSA) is 15.3 Å². The fraction of sp³-hybridized carbons (Fsp3) is 0.647. The highest BCUT2D eigenvalue weighted by molar-refractivity contribution is 5.15. The van der Waals surface area contributed by atoms with Crippen molar-refractivity contribution in [3.8, 4) is 0 Å². The number of hydrogen-bond acceptors (Lipinski definition) is 2. The Labute approximate surface area is 117 Å². The van der Waals surface area contributed by atoms with Crippen molar-refractivity contribution >= 4 is 0 Å². The van der Waals surface area contributed by atoms with Crippen LogP contribution in [0.1, 0.15) is 25.8 Å². The molecular weight excluding hydrogens is 232 g/mol. The SMILES string of the molecule is CC(C)C1CNCC12CCN(Cc1ccccc1)C2. The van der Waals surface area contributed by atoms with E-state index in [9.17, 15) is 0 Å². The van der Waals surface area contributed by atoms with Crippen LogP contribution >= 0.6 is 0 Å². The van der Waals surface area contributed by atoms with Gasteiger partial charge in [-0.1, -0.05) is 44.2 Å². The Hall–Kier alpha value is -0.860. The Morgan fingerprint density at radius 1 is 1.32 bits per heavy atom. The van der Waals surface area contributed by atoms with Crippen LogP contribution in [0, 0.1) is 17.3 Å². The molecule has 0 radical (unpaired) electrons. The van der Waals surface area contributed by atoms with E-state index in [0.29, 0.717) is 5.41 Å². The first kappa shape index (κ1) is 13.1. The molecule has 1 aromatic carbocycles. The normalized spacial score (nSPS) is 31.6.